The van der Waals surface area contributed by atoms with Crippen LogP contribution in [0, 0.1) is 0 Å². The first-order valence-electron chi connectivity index (χ1n) is 15.4. The van der Waals surface area contributed by atoms with Gasteiger partial charge in [-0.25, -0.2) is 9.78 Å². The molecule has 3 aromatic rings. The number of aromatic nitrogens is 2. The van der Waals surface area contributed by atoms with Crippen LogP contribution >= 0.6 is 0 Å². The van der Waals surface area contributed by atoms with Crippen molar-refractivity contribution in [2.24, 2.45) is 0 Å². The molecule has 0 aliphatic carbocycles. The highest BCUT2D eigenvalue weighted by Gasteiger charge is 2.32. The Bertz CT molecular complexity index is 1490. The van der Waals surface area contributed by atoms with E-state index in [1.807, 2.05) is 60.7 Å². The molecular weight excluding hydrogens is 590 g/mol. The number of ether oxygens (including phenoxy) is 3. The van der Waals surface area contributed by atoms with Crippen molar-refractivity contribution in [1.29, 1.82) is 0 Å². The third-order valence-electron chi connectivity index (χ3n) is 6.97. The summed E-state index contributed by atoms with van der Waals surface area (Å²) in [6, 6.07) is 19.1. The standard InChI is InChI=1S/C34H41N5O7/c1-5-44-33(43)39-20-18-38(19-21-39)32(42)26(16-17-29(40)46-34(2,3)4)36-31(41)27-22-28(45-23-24-12-8-6-9-13-24)37-30(35-27)25-14-10-7-11-15-25/h6-15,22,26H,5,16-21,23H2,1-4H3,(H,36,41). The van der Waals surface area contributed by atoms with Crippen LogP contribution in [0.5, 0.6) is 5.88 Å². The van der Waals surface area contributed by atoms with Crippen molar-refractivity contribution in [3.8, 4) is 17.3 Å². The third kappa shape index (κ3) is 10.0. The molecule has 2 aromatic carbocycles. The Kier molecular flexibility index (Phi) is 11.7. The lowest BCUT2D eigenvalue weighted by Gasteiger charge is -2.36. The van der Waals surface area contributed by atoms with E-state index < -0.39 is 29.6 Å². The number of amides is 3. The third-order valence-corrected chi connectivity index (χ3v) is 6.97. The van der Waals surface area contributed by atoms with Crippen LogP contribution < -0.4 is 10.1 Å². The van der Waals surface area contributed by atoms with E-state index >= 15 is 0 Å². The maximum absolute atomic E-state index is 13.7. The number of piperazine rings is 1. The molecule has 1 aliphatic rings. The fourth-order valence-corrected chi connectivity index (χ4v) is 4.75. The van der Waals surface area contributed by atoms with Crippen LogP contribution in [0.15, 0.2) is 66.7 Å². The topological polar surface area (TPSA) is 140 Å². The van der Waals surface area contributed by atoms with E-state index in [-0.39, 0.29) is 75.5 Å². The maximum Gasteiger partial charge on any atom is 0.409 e. The zero-order chi connectivity index (χ0) is 33.1. The lowest BCUT2D eigenvalue weighted by atomic mass is 10.1. The number of carbonyl (C=O) groups is 4. The Hall–Kier alpha value is -5.00. The van der Waals surface area contributed by atoms with Crippen LogP contribution in [0.25, 0.3) is 11.4 Å². The van der Waals surface area contributed by atoms with Crippen LogP contribution in [0.1, 0.15) is 56.6 Å². The Labute approximate surface area is 269 Å². The van der Waals surface area contributed by atoms with Gasteiger partial charge in [-0.1, -0.05) is 60.7 Å². The molecule has 244 valence electrons. The van der Waals surface area contributed by atoms with Gasteiger partial charge in [0.2, 0.25) is 11.8 Å². The number of carbonyl (C=O) groups excluding carboxylic acids is 4. The molecule has 0 saturated carbocycles. The van der Waals surface area contributed by atoms with Crippen LogP contribution in [-0.4, -0.2) is 88.1 Å². The summed E-state index contributed by atoms with van der Waals surface area (Å²) in [6.45, 7) is 8.55. The van der Waals surface area contributed by atoms with Gasteiger partial charge >= 0.3 is 12.1 Å². The van der Waals surface area contributed by atoms with Gasteiger partial charge in [-0.3, -0.25) is 14.4 Å². The van der Waals surface area contributed by atoms with E-state index in [2.05, 4.69) is 15.3 Å². The Morgan fingerprint density at radius 2 is 1.52 bits per heavy atom. The van der Waals surface area contributed by atoms with Crippen molar-refractivity contribution >= 4 is 23.9 Å². The second-order valence-electron chi connectivity index (χ2n) is 11.7. The van der Waals surface area contributed by atoms with Gasteiger partial charge in [0.25, 0.3) is 5.91 Å². The summed E-state index contributed by atoms with van der Waals surface area (Å²) in [7, 11) is 0. The number of nitrogens with zero attached hydrogens (tertiary/aromatic N) is 4. The van der Waals surface area contributed by atoms with E-state index in [0.29, 0.717) is 5.56 Å². The van der Waals surface area contributed by atoms with Crippen LogP contribution in [0.3, 0.4) is 0 Å². The normalized spacial score (nSPS) is 13.8. The number of hydrogen-bond donors (Lipinski definition) is 1. The lowest BCUT2D eigenvalue weighted by Crippen LogP contribution is -2.56. The van der Waals surface area contributed by atoms with Crippen molar-refractivity contribution in [2.45, 2.75) is 58.8 Å². The summed E-state index contributed by atoms with van der Waals surface area (Å²) >= 11 is 0. The number of hydrogen-bond acceptors (Lipinski definition) is 9. The monoisotopic (exact) mass is 631 g/mol. The summed E-state index contributed by atoms with van der Waals surface area (Å²) in [5.74, 6) is -1.02. The number of benzene rings is 2. The maximum atomic E-state index is 13.7. The van der Waals surface area contributed by atoms with Crippen LogP contribution in [-0.2, 0) is 25.7 Å². The predicted octanol–water partition coefficient (Wildman–Crippen LogP) is 4.24. The van der Waals surface area contributed by atoms with E-state index in [0.717, 1.165) is 5.56 Å². The molecular formula is C34H41N5O7. The summed E-state index contributed by atoms with van der Waals surface area (Å²) < 4.78 is 16.5. The second kappa shape index (κ2) is 15.8. The van der Waals surface area contributed by atoms with E-state index in [1.165, 1.54) is 11.0 Å². The number of rotatable bonds is 11. The van der Waals surface area contributed by atoms with E-state index in [1.54, 1.807) is 32.6 Å². The molecule has 1 fully saturated rings. The van der Waals surface area contributed by atoms with Crippen LogP contribution in [0.2, 0.25) is 0 Å². The minimum absolute atomic E-state index is 0.000821. The molecule has 46 heavy (non-hydrogen) atoms. The average Bonchev–Trinajstić information content (AvgIpc) is 3.05. The van der Waals surface area contributed by atoms with Gasteiger partial charge in [-0.2, -0.15) is 4.98 Å². The summed E-state index contributed by atoms with van der Waals surface area (Å²) in [4.78, 5) is 64.3. The quantitative estimate of drug-likeness (QED) is 0.308. The molecule has 0 bridgehead atoms. The molecule has 12 heteroatoms. The van der Waals surface area contributed by atoms with E-state index in [4.69, 9.17) is 14.2 Å². The molecule has 0 spiro atoms. The molecule has 1 aliphatic heterocycles. The molecule has 3 amide bonds. The van der Waals surface area contributed by atoms with Crippen molar-refractivity contribution < 1.29 is 33.4 Å². The molecule has 4 rings (SSSR count). The van der Waals surface area contributed by atoms with Gasteiger partial charge in [-0.05, 0) is 39.7 Å². The van der Waals surface area contributed by atoms with Crippen molar-refractivity contribution in [2.75, 3.05) is 32.8 Å². The first-order valence-corrected chi connectivity index (χ1v) is 15.4. The molecule has 1 aromatic heterocycles. The number of nitrogens with one attached hydrogen (secondary N) is 1. The van der Waals surface area contributed by atoms with E-state index in [9.17, 15) is 19.2 Å². The van der Waals surface area contributed by atoms with Crippen molar-refractivity contribution in [1.82, 2.24) is 25.1 Å². The Morgan fingerprint density at radius 1 is 0.891 bits per heavy atom. The fourth-order valence-electron chi connectivity index (χ4n) is 4.75. The van der Waals surface area contributed by atoms with Crippen molar-refractivity contribution in [3.63, 3.8) is 0 Å². The Morgan fingerprint density at radius 3 is 2.15 bits per heavy atom. The second-order valence-corrected chi connectivity index (χ2v) is 11.7. The predicted molar refractivity (Wildman–Crippen MR) is 170 cm³/mol. The molecule has 2 heterocycles. The first-order chi connectivity index (χ1) is 22.0. The van der Waals surface area contributed by atoms with Gasteiger partial charge < -0.3 is 29.3 Å². The summed E-state index contributed by atoms with van der Waals surface area (Å²) in [6.07, 6.45) is -0.528. The van der Waals surface area contributed by atoms with Gasteiger partial charge in [0.1, 0.15) is 23.9 Å². The van der Waals surface area contributed by atoms with Gasteiger partial charge in [0.05, 0.1) is 6.61 Å². The largest absolute Gasteiger partial charge is 0.473 e. The zero-order valence-electron chi connectivity index (χ0n) is 26.7. The molecule has 12 nitrogen and oxygen atoms in total. The minimum Gasteiger partial charge on any atom is -0.473 e. The zero-order valence-corrected chi connectivity index (χ0v) is 26.7. The highest BCUT2D eigenvalue weighted by molar-refractivity contribution is 5.96. The Balaban J connectivity index is 1.55. The highest BCUT2D eigenvalue weighted by Crippen LogP contribution is 2.21. The van der Waals surface area contributed by atoms with Gasteiger partial charge in [-0.15, -0.1) is 0 Å². The fraction of sp³-hybridized carbons (Fsp3) is 0.412. The number of esters is 1. The summed E-state index contributed by atoms with van der Waals surface area (Å²) in [5.41, 5.74) is 0.899. The van der Waals surface area contributed by atoms with Crippen molar-refractivity contribution in [3.05, 3.63) is 78.0 Å². The van der Waals surface area contributed by atoms with Gasteiger partial charge in [0.15, 0.2) is 5.82 Å². The minimum atomic E-state index is -1.06. The molecule has 0 radical (unpaired) electrons. The average molecular weight is 632 g/mol. The molecule has 1 unspecified atom stereocenters. The molecule has 1 saturated heterocycles. The summed E-state index contributed by atoms with van der Waals surface area (Å²) in [5, 5.41) is 2.79. The molecule has 1 N–H and O–H groups in total. The molecule has 1 atom stereocenters. The smallest absolute Gasteiger partial charge is 0.409 e. The SMILES string of the molecule is CCOC(=O)N1CCN(C(=O)C(CCC(=O)OC(C)(C)C)NC(=O)c2cc(OCc3ccccc3)nc(-c3ccccc3)n2)CC1. The van der Waals surface area contributed by atoms with Gasteiger partial charge in [0, 0.05) is 44.2 Å². The van der Waals surface area contributed by atoms with Crippen LogP contribution in [0.4, 0.5) is 4.79 Å². The highest BCUT2D eigenvalue weighted by atomic mass is 16.6. The first kappa shape index (κ1) is 33.9. The lowest BCUT2D eigenvalue weighted by molar-refractivity contribution is -0.155.